The summed E-state index contributed by atoms with van der Waals surface area (Å²) in [4.78, 5) is 2.58. The molecule has 6 aliphatic rings. The molecule has 4 nitrogen and oxygen atoms in total. The van der Waals surface area contributed by atoms with Crippen LogP contribution in [-0.4, -0.2) is 54.1 Å². The maximum atomic E-state index is 11.9. The van der Waals surface area contributed by atoms with Gasteiger partial charge in [-0.15, -0.1) is 0 Å². The van der Waals surface area contributed by atoms with Gasteiger partial charge in [-0.3, -0.25) is 0 Å². The van der Waals surface area contributed by atoms with E-state index >= 15 is 0 Å². The third-order valence-corrected chi connectivity index (χ3v) is 10.0. The highest BCUT2D eigenvalue weighted by molar-refractivity contribution is 5.61. The molecule has 1 aromatic carbocycles. The molecule has 7 atom stereocenters. The molecule has 2 heterocycles. The maximum Gasteiger partial charge on any atom is 0.142 e. The number of piperidine rings is 1. The van der Waals surface area contributed by atoms with Crippen LogP contribution in [0, 0.1) is 11.3 Å². The van der Waals surface area contributed by atoms with Gasteiger partial charge in [-0.2, -0.15) is 0 Å². The van der Waals surface area contributed by atoms with Gasteiger partial charge in [0.15, 0.2) is 0 Å². The van der Waals surface area contributed by atoms with Crippen molar-refractivity contribution in [3.05, 3.63) is 41.5 Å². The van der Waals surface area contributed by atoms with Crippen LogP contribution in [0.1, 0.15) is 63.5 Å². The lowest BCUT2D eigenvalue weighted by Crippen LogP contribution is -2.80. The van der Waals surface area contributed by atoms with Crippen LogP contribution in [0.2, 0.25) is 0 Å². The summed E-state index contributed by atoms with van der Waals surface area (Å²) in [7, 11) is 4.12. The van der Waals surface area contributed by atoms with Crippen molar-refractivity contribution in [1.29, 1.82) is 0 Å². The Bertz CT molecular complexity index is 940. The molecule has 4 bridgehead atoms. The molecule has 1 N–H and O–H groups in total. The van der Waals surface area contributed by atoms with Gasteiger partial charge in [0, 0.05) is 30.0 Å². The van der Waals surface area contributed by atoms with Crippen molar-refractivity contribution in [3.8, 4) is 5.75 Å². The van der Waals surface area contributed by atoms with Crippen LogP contribution in [0.5, 0.6) is 5.75 Å². The van der Waals surface area contributed by atoms with E-state index in [9.17, 15) is 5.11 Å². The van der Waals surface area contributed by atoms with Crippen LogP contribution in [-0.2, 0) is 16.6 Å². The molecule has 0 aromatic heterocycles. The van der Waals surface area contributed by atoms with Crippen molar-refractivity contribution < 1.29 is 14.6 Å². The normalized spacial score (nSPS) is 43.5. The minimum Gasteiger partial charge on any atom is -0.486 e. The first-order valence-electron chi connectivity index (χ1n) is 12.3. The minimum absolute atomic E-state index is 0.00996. The molecule has 1 saturated carbocycles. The van der Waals surface area contributed by atoms with Crippen LogP contribution in [0.3, 0.4) is 0 Å². The fraction of sp³-hybridized carbons (Fsp3) is 0.704. The zero-order valence-electron chi connectivity index (χ0n) is 19.5. The topological polar surface area (TPSA) is 41.9 Å². The second-order valence-electron chi connectivity index (χ2n) is 11.2. The lowest BCUT2D eigenvalue weighted by molar-refractivity contribution is -0.247. The van der Waals surface area contributed by atoms with E-state index < -0.39 is 11.2 Å². The first kappa shape index (κ1) is 20.3. The van der Waals surface area contributed by atoms with Gasteiger partial charge in [0.05, 0.1) is 11.0 Å². The molecular weight excluding hydrogens is 386 g/mol. The molecule has 31 heavy (non-hydrogen) atoms. The standard InChI is InChI=1S/C27H37NO3/c1-5-6-7-11-24(2,29)20-17-25-12-13-27(20,30-4)23-26(25)14-15-28(3)21(25)16-18-9-8-10-19(31-23)22(18)26/h8-10,12-13,20-21,23,29H,5-7,11,14-17H2,1-4H3/t20-,21-,23-,24-,25?,26+,27+/m1/s1. The van der Waals surface area contributed by atoms with Gasteiger partial charge in [0.1, 0.15) is 17.5 Å². The lowest BCUT2D eigenvalue weighted by Gasteiger charge is -2.72. The number of benzene rings is 1. The molecule has 4 aliphatic carbocycles. The summed E-state index contributed by atoms with van der Waals surface area (Å²) >= 11 is 0. The summed E-state index contributed by atoms with van der Waals surface area (Å²) in [6, 6.07) is 7.07. The van der Waals surface area contributed by atoms with Crippen molar-refractivity contribution in [2.45, 2.75) is 87.6 Å². The zero-order chi connectivity index (χ0) is 21.6. The van der Waals surface area contributed by atoms with Crippen molar-refractivity contribution >= 4 is 0 Å². The molecule has 2 aliphatic heterocycles. The van der Waals surface area contributed by atoms with E-state index in [1.807, 2.05) is 7.11 Å². The third-order valence-electron chi connectivity index (χ3n) is 10.0. The summed E-state index contributed by atoms with van der Waals surface area (Å²) < 4.78 is 13.3. The molecule has 7 rings (SSSR count). The average Bonchev–Trinajstić information content (AvgIpc) is 3.12. The van der Waals surface area contributed by atoms with Crippen LogP contribution in [0.25, 0.3) is 0 Å². The number of ether oxygens (including phenoxy) is 2. The second kappa shape index (κ2) is 6.36. The Morgan fingerprint density at radius 1 is 1.29 bits per heavy atom. The number of likely N-dealkylation sites (N-methyl/N-ethyl adjacent to an activating group) is 1. The van der Waals surface area contributed by atoms with Gasteiger partial charge in [-0.25, -0.2) is 0 Å². The van der Waals surface area contributed by atoms with E-state index in [1.165, 1.54) is 17.5 Å². The fourth-order valence-corrected chi connectivity index (χ4v) is 8.64. The van der Waals surface area contributed by atoms with E-state index in [4.69, 9.17) is 9.47 Å². The van der Waals surface area contributed by atoms with Crippen LogP contribution in [0.4, 0.5) is 0 Å². The Hall–Kier alpha value is -1.36. The van der Waals surface area contributed by atoms with Crippen LogP contribution < -0.4 is 4.74 Å². The number of methoxy groups -OCH3 is 1. The number of rotatable bonds is 6. The number of unbranched alkanes of at least 4 members (excludes halogenated alkanes) is 2. The fourth-order valence-electron chi connectivity index (χ4n) is 8.64. The lowest BCUT2D eigenvalue weighted by atomic mass is 9.36. The van der Waals surface area contributed by atoms with Gasteiger partial charge < -0.3 is 19.5 Å². The quantitative estimate of drug-likeness (QED) is 0.549. The Kier molecular flexibility index (Phi) is 4.16. The highest BCUT2D eigenvalue weighted by Gasteiger charge is 2.79. The van der Waals surface area contributed by atoms with Gasteiger partial charge in [-0.05, 0) is 57.8 Å². The molecule has 168 valence electrons. The van der Waals surface area contributed by atoms with Crippen molar-refractivity contribution in [2.24, 2.45) is 11.3 Å². The molecule has 0 amide bonds. The van der Waals surface area contributed by atoms with E-state index in [0.29, 0.717) is 6.04 Å². The summed E-state index contributed by atoms with van der Waals surface area (Å²) in [5, 5.41) is 11.9. The highest BCUT2D eigenvalue weighted by Crippen LogP contribution is 2.74. The van der Waals surface area contributed by atoms with Crippen LogP contribution >= 0.6 is 0 Å². The Morgan fingerprint density at radius 2 is 2.13 bits per heavy atom. The molecule has 1 aromatic rings. The summed E-state index contributed by atoms with van der Waals surface area (Å²) in [6.07, 6.45) is 12.1. The molecule has 4 heteroatoms. The predicted octanol–water partition coefficient (Wildman–Crippen LogP) is 4.24. The second-order valence-corrected chi connectivity index (χ2v) is 11.2. The van der Waals surface area contributed by atoms with Gasteiger partial charge >= 0.3 is 0 Å². The Morgan fingerprint density at radius 3 is 2.90 bits per heavy atom. The largest absolute Gasteiger partial charge is 0.486 e. The van der Waals surface area contributed by atoms with Gasteiger partial charge in [-0.1, -0.05) is 50.5 Å². The molecular formula is C27H37NO3. The van der Waals surface area contributed by atoms with Crippen molar-refractivity contribution in [2.75, 3.05) is 20.7 Å². The average molecular weight is 424 g/mol. The first-order chi connectivity index (χ1) is 14.9. The number of fused-ring (bicyclic) bond motifs is 1. The van der Waals surface area contributed by atoms with Gasteiger partial charge in [0.25, 0.3) is 0 Å². The van der Waals surface area contributed by atoms with Crippen molar-refractivity contribution in [3.63, 3.8) is 0 Å². The number of nitrogens with zero attached hydrogens (tertiary/aromatic N) is 1. The number of hydrogen-bond acceptors (Lipinski definition) is 4. The molecule has 1 saturated heterocycles. The predicted molar refractivity (Wildman–Crippen MR) is 121 cm³/mol. The monoisotopic (exact) mass is 423 g/mol. The van der Waals surface area contributed by atoms with Crippen LogP contribution in [0.15, 0.2) is 30.4 Å². The molecule has 2 fully saturated rings. The molecule has 0 radical (unpaired) electrons. The Labute approximate surface area is 186 Å². The van der Waals surface area contributed by atoms with Gasteiger partial charge in [0.2, 0.25) is 0 Å². The number of aliphatic hydroxyl groups is 1. The van der Waals surface area contributed by atoms with E-state index in [-0.39, 0.29) is 22.9 Å². The Balaban J connectivity index is 1.55. The van der Waals surface area contributed by atoms with E-state index in [2.05, 4.69) is 56.1 Å². The minimum atomic E-state index is -0.782. The smallest absolute Gasteiger partial charge is 0.142 e. The van der Waals surface area contributed by atoms with E-state index in [1.54, 1.807) is 0 Å². The summed E-state index contributed by atoms with van der Waals surface area (Å²) in [6.45, 7) is 5.37. The molecule has 2 spiro atoms. The SMILES string of the molecule is CCCCC[C@@](C)(O)[C@H]1CC23C=C[C@@]1(OC)[C@@H]1Oc4cccc5c4[C@@]12CCN(C)[C@@H]3C5. The summed E-state index contributed by atoms with van der Waals surface area (Å²) in [5.74, 6) is 1.08. The zero-order valence-corrected chi connectivity index (χ0v) is 19.5. The van der Waals surface area contributed by atoms with Crippen molar-refractivity contribution in [1.82, 2.24) is 4.90 Å². The first-order valence-corrected chi connectivity index (χ1v) is 12.3. The number of hydrogen-bond donors (Lipinski definition) is 1. The molecule has 1 unspecified atom stereocenters. The maximum absolute atomic E-state index is 11.9. The summed E-state index contributed by atoms with van der Waals surface area (Å²) in [5.41, 5.74) is 1.49. The highest BCUT2D eigenvalue weighted by atomic mass is 16.6. The third kappa shape index (κ3) is 2.18. The number of likely N-dealkylation sites (tertiary alicyclic amines) is 1. The van der Waals surface area contributed by atoms with E-state index in [0.717, 1.165) is 50.8 Å².